The third-order valence-corrected chi connectivity index (χ3v) is 2.61. The second-order valence-corrected chi connectivity index (χ2v) is 4.25. The molecule has 0 aromatic carbocycles. The third kappa shape index (κ3) is 2.42. The van der Waals surface area contributed by atoms with E-state index >= 15 is 0 Å². The lowest BCUT2D eigenvalue weighted by Crippen LogP contribution is -2.02. The molecule has 0 saturated carbocycles. The average molecular weight is 247 g/mol. The standard InChI is InChI=1S/C12H17N5O/c1-4-10-11(13)14-7-15-12(10)18-9-5-16-17(6-9)8(2)3/h5-8H,4H2,1-3H3,(H2,13,14,15). The van der Waals surface area contributed by atoms with Gasteiger partial charge in [-0.25, -0.2) is 9.97 Å². The summed E-state index contributed by atoms with van der Waals surface area (Å²) in [6.45, 7) is 6.09. The number of ether oxygens (including phenoxy) is 1. The van der Waals surface area contributed by atoms with Crippen LogP contribution in [0.5, 0.6) is 11.6 Å². The summed E-state index contributed by atoms with van der Waals surface area (Å²) in [5.74, 6) is 1.60. The van der Waals surface area contributed by atoms with E-state index in [-0.39, 0.29) is 0 Å². The maximum atomic E-state index is 5.79. The van der Waals surface area contributed by atoms with Crippen LogP contribution in [0.2, 0.25) is 0 Å². The first-order chi connectivity index (χ1) is 8.61. The molecule has 2 aromatic heterocycles. The van der Waals surface area contributed by atoms with E-state index in [1.165, 1.54) is 6.33 Å². The SMILES string of the molecule is CCc1c(N)ncnc1Oc1cnn(C(C)C)c1. The molecule has 0 atom stereocenters. The van der Waals surface area contributed by atoms with E-state index < -0.39 is 0 Å². The number of anilines is 1. The molecule has 0 amide bonds. The van der Waals surface area contributed by atoms with Crippen molar-refractivity contribution in [3.8, 4) is 11.6 Å². The number of nitrogens with zero attached hydrogens (tertiary/aromatic N) is 4. The minimum atomic E-state index is 0.295. The van der Waals surface area contributed by atoms with Gasteiger partial charge in [-0.1, -0.05) is 6.92 Å². The first-order valence-corrected chi connectivity index (χ1v) is 5.93. The van der Waals surface area contributed by atoms with Crippen LogP contribution in [-0.4, -0.2) is 19.7 Å². The van der Waals surface area contributed by atoms with Crippen molar-refractivity contribution in [1.29, 1.82) is 0 Å². The van der Waals surface area contributed by atoms with Gasteiger partial charge in [0.15, 0.2) is 5.75 Å². The summed E-state index contributed by atoms with van der Waals surface area (Å²) < 4.78 is 7.52. The van der Waals surface area contributed by atoms with Crippen LogP contribution in [0.25, 0.3) is 0 Å². The molecule has 0 aliphatic rings. The topological polar surface area (TPSA) is 78.8 Å². The average Bonchev–Trinajstić information content (AvgIpc) is 2.78. The smallest absolute Gasteiger partial charge is 0.227 e. The second-order valence-electron chi connectivity index (χ2n) is 4.25. The molecule has 0 spiro atoms. The predicted octanol–water partition coefficient (Wildman–Crippen LogP) is 2.19. The molecule has 6 heteroatoms. The summed E-state index contributed by atoms with van der Waals surface area (Å²) in [6.07, 6.45) is 5.62. The summed E-state index contributed by atoms with van der Waals surface area (Å²) >= 11 is 0. The van der Waals surface area contributed by atoms with Crippen molar-refractivity contribution in [2.24, 2.45) is 0 Å². The van der Waals surface area contributed by atoms with Crippen molar-refractivity contribution in [3.05, 3.63) is 24.3 Å². The van der Waals surface area contributed by atoms with Crippen LogP contribution in [-0.2, 0) is 6.42 Å². The normalized spacial score (nSPS) is 10.9. The molecule has 2 N–H and O–H groups in total. The van der Waals surface area contributed by atoms with Gasteiger partial charge in [0.25, 0.3) is 0 Å². The zero-order valence-electron chi connectivity index (χ0n) is 10.8. The Morgan fingerprint density at radius 3 is 2.78 bits per heavy atom. The fraction of sp³-hybridized carbons (Fsp3) is 0.417. The lowest BCUT2D eigenvalue weighted by molar-refractivity contribution is 0.452. The first kappa shape index (κ1) is 12.3. The predicted molar refractivity (Wildman–Crippen MR) is 68.5 cm³/mol. The highest BCUT2D eigenvalue weighted by molar-refractivity contribution is 5.45. The number of hydrogen-bond donors (Lipinski definition) is 1. The molecule has 2 aromatic rings. The summed E-state index contributed by atoms with van der Waals surface area (Å²) in [7, 11) is 0. The molecular formula is C12H17N5O. The quantitative estimate of drug-likeness (QED) is 0.895. The largest absolute Gasteiger partial charge is 0.435 e. The Morgan fingerprint density at radius 1 is 1.39 bits per heavy atom. The summed E-state index contributed by atoms with van der Waals surface area (Å²) in [4.78, 5) is 8.06. The van der Waals surface area contributed by atoms with Crippen molar-refractivity contribution in [3.63, 3.8) is 0 Å². The fourth-order valence-corrected chi connectivity index (χ4v) is 1.60. The van der Waals surface area contributed by atoms with Crippen molar-refractivity contribution >= 4 is 5.82 Å². The van der Waals surface area contributed by atoms with Gasteiger partial charge in [-0.2, -0.15) is 5.10 Å². The Kier molecular flexibility index (Phi) is 3.45. The highest BCUT2D eigenvalue weighted by atomic mass is 16.5. The van der Waals surface area contributed by atoms with Gasteiger partial charge in [-0.3, -0.25) is 4.68 Å². The molecular weight excluding hydrogens is 230 g/mol. The van der Waals surface area contributed by atoms with Gasteiger partial charge in [0.05, 0.1) is 18.0 Å². The number of nitrogens with two attached hydrogens (primary N) is 1. The van der Waals surface area contributed by atoms with E-state index in [0.29, 0.717) is 23.5 Å². The van der Waals surface area contributed by atoms with Crippen LogP contribution in [0.15, 0.2) is 18.7 Å². The van der Waals surface area contributed by atoms with Crippen molar-refractivity contribution in [2.45, 2.75) is 33.2 Å². The maximum absolute atomic E-state index is 5.79. The first-order valence-electron chi connectivity index (χ1n) is 5.93. The molecule has 96 valence electrons. The van der Waals surface area contributed by atoms with Crippen LogP contribution in [0, 0.1) is 0 Å². The minimum absolute atomic E-state index is 0.295. The zero-order chi connectivity index (χ0) is 13.1. The Morgan fingerprint density at radius 2 is 2.17 bits per heavy atom. The van der Waals surface area contributed by atoms with E-state index in [4.69, 9.17) is 10.5 Å². The molecule has 0 aliphatic carbocycles. The lowest BCUT2D eigenvalue weighted by atomic mass is 10.2. The van der Waals surface area contributed by atoms with Gasteiger partial charge in [0, 0.05) is 6.04 Å². The van der Waals surface area contributed by atoms with E-state index in [1.807, 2.05) is 17.8 Å². The Bertz CT molecular complexity index is 535. The molecule has 2 rings (SSSR count). The number of hydrogen-bond acceptors (Lipinski definition) is 5. The number of nitrogen functional groups attached to an aromatic ring is 1. The fourth-order valence-electron chi connectivity index (χ4n) is 1.60. The number of aromatic nitrogens is 4. The highest BCUT2D eigenvalue weighted by Gasteiger charge is 2.11. The molecule has 0 saturated heterocycles. The molecule has 6 nitrogen and oxygen atoms in total. The molecule has 0 radical (unpaired) electrons. The second kappa shape index (κ2) is 5.03. The van der Waals surface area contributed by atoms with Crippen LogP contribution in [0.3, 0.4) is 0 Å². The van der Waals surface area contributed by atoms with Gasteiger partial charge < -0.3 is 10.5 Å². The summed E-state index contributed by atoms with van der Waals surface area (Å²) in [6, 6.07) is 0.295. The molecule has 2 heterocycles. The van der Waals surface area contributed by atoms with Crippen molar-refractivity contribution in [2.75, 3.05) is 5.73 Å². The van der Waals surface area contributed by atoms with E-state index in [9.17, 15) is 0 Å². The molecule has 0 aliphatic heterocycles. The van der Waals surface area contributed by atoms with Crippen LogP contribution >= 0.6 is 0 Å². The van der Waals surface area contributed by atoms with Gasteiger partial charge >= 0.3 is 0 Å². The Hall–Kier alpha value is -2.11. The van der Waals surface area contributed by atoms with Gasteiger partial charge in [-0.15, -0.1) is 0 Å². The highest BCUT2D eigenvalue weighted by Crippen LogP contribution is 2.26. The Balaban J connectivity index is 2.25. The number of rotatable bonds is 4. The lowest BCUT2D eigenvalue weighted by Gasteiger charge is -2.08. The van der Waals surface area contributed by atoms with E-state index in [1.54, 1.807) is 6.20 Å². The summed E-state index contributed by atoms with van der Waals surface area (Å²) in [5, 5.41) is 4.21. The maximum Gasteiger partial charge on any atom is 0.227 e. The van der Waals surface area contributed by atoms with E-state index in [2.05, 4.69) is 28.9 Å². The monoisotopic (exact) mass is 247 g/mol. The molecule has 0 fully saturated rings. The third-order valence-electron chi connectivity index (χ3n) is 2.61. The van der Waals surface area contributed by atoms with Crippen molar-refractivity contribution in [1.82, 2.24) is 19.7 Å². The van der Waals surface area contributed by atoms with E-state index in [0.717, 1.165) is 12.0 Å². The van der Waals surface area contributed by atoms with Crippen LogP contribution in [0.4, 0.5) is 5.82 Å². The Labute approximate surface area is 106 Å². The zero-order valence-corrected chi connectivity index (χ0v) is 10.8. The minimum Gasteiger partial charge on any atom is -0.435 e. The van der Waals surface area contributed by atoms with Gasteiger partial charge in [0.1, 0.15) is 12.1 Å². The molecule has 18 heavy (non-hydrogen) atoms. The van der Waals surface area contributed by atoms with Gasteiger partial charge in [0.2, 0.25) is 5.88 Å². The summed E-state index contributed by atoms with van der Waals surface area (Å²) in [5.41, 5.74) is 6.60. The molecule has 0 bridgehead atoms. The van der Waals surface area contributed by atoms with Crippen molar-refractivity contribution < 1.29 is 4.74 Å². The van der Waals surface area contributed by atoms with Crippen LogP contribution < -0.4 is 10.5 Å². The molecule has 0 unspecified atom stereocenters. The van der Waals surface area contributed by atoms with Crippen LogP contribution in [0.1, 0.15) is 32.4 Å². The van der Waals surface area contributed by atoms with Gasteiger partial charge in [-0.05, 0) is 20.3 Å².